The van der Waals surface area contributed by atoms with Crippen LogP contribution in [0.5, 0.6) is 0 Å². The molecule has 0 bridgehead atoms. The Bertz CT molecular complexity index is 1940. The Labute approximate surface area is 259 Å². The molecule has 4 aromatic rings. The van der Waals surface area contributed by atoms with E-state index in [9.17, 15) is 28.0 Å². The van der Waals surface area contributed by atoms with E-state index in [1.54, 1.807) is 48.7 Å². The zero-order chi connectivity index (χ0) is 32.9. The standard InChI is InChI=1S/C30H35N7O7S/c1-18-12-19(2)27(20(3)13-18)45(42,43)35-24(29(40)44-4)16-33-28(39)23-17-36(10-5-8-31)25-14-21(6-7-22(25)26(23)38)15-34-30-32-9-11-37(30)41/h6-7,9,11-14,17,41H,5,8,10,15-16,31H2,1-4H3,(H,32,34)(H,33,39). The Kier molecular flexibility index (Phi) is 10.0. The molecule has 5 N–H and O–H groups in total. The van der Waals surface area contributed by atoms with Crippen LogP contribution in [0.3, 0.4) is 0 Å². The van der Waals surface area contributed by atoms with Gasteiger partial charge in [-0.15, -0.1) is 0 Å². The number of rotatable bonds is 12. The van der Waals surface area contributed by atoms with E-state index in [1.807, 2.05) is 6.92 Å². The van der Waals surface area contributed by atoms with Gasteiger partial charge in [-0.05, 0) is 62.6 Å². The molecule has 238 valence electrons. The van der Waals surface area contributed by atoms with Crippen LogP contribution >= 0.6 is 0 Å². The van der Waals surface area contributed by atoms with Crippen LogP contribution in [0.4, 0.5) is 5.95 Å². The Hall–Kier alpha value is -5.02. The summed E-state index contributed by atoms with van der Waals surface area (Å²) < 4.78 is 37.5. The van der Waals surface area contributed by atoms with Gasteiger partial charge in [-0.2, -0.15) is 17.5 Å². The van der Waals surface area contributed by atoms with Crippen molar-refractivity contribution in [3.63, 3.8) is 0 Å². The minimum absolute atomic E-state index is 0.0469. The van der Waals surface area contributed by atoms with Gasteiger partial charge in [-0.1, -0.05) is 23.8 Å². The number of aryl methyl sites for hydroxylation is 4. The normalized spacial score (nSPS) is 11.9. The molecule has 2 heterocycles. The van der Waals surface area contributed by atoms with Crippen LogP contribution in [0.2, 0.25) is 0 Å². The molecule has 1 amide bonds. The molecule has 4 rings (SSSR count). The lowest BCUT2D eigenvalue weighted by Crippen LogP contribution is -2.37. The molecule has 2 aromatic heterocycles. The van der Waals surface area contributed by atoms with Crippen molar-refractivity contribution in [2.45, 2.75) is 45.2 Å². The van der Waals surface area contributed by atoms with Crippen LogP contribution in [-0.2, 0) is 32.6 Å². The summed E-state index contributed by atoms with van der Waals surface area (Å²) in [7, 11) is -3.29. The molecule has 0 unspecified atom stereocenters. The molecular formula is C30H35N7O7S. The van der Waals surface area contributed by atoms with E-state index in [2.05, 4.69) is 20.0 Å². The Morgan fingerprint density at radius 1 is 1.13 bits per heavy atom. The summed E-state index contributed by atoms with van der Waals surface area (Å²) in [5.74, 6) is -1.64. The minimum Gasteiger partial charge on any atom is -0.464 e. The number of nitrogens with zero attached hydrogens (tertiary/aromatic N) is 4. The van der Waals surface area contributed by atoms with Crippen molar-refractivity contribution in [1.82, 2.24) is 19.6 Å². The number of hydrogen-bond acceptors (Lipinski definition) is 10. The number of nitrogens with two attached hydrogens (primary N) is 1. The number of pyridine rings is 1. The Balaban J connectivity index is 1.65. The number of methoxy groups -OCH3 is 1. The van der Waals surface area contributed by atoms with Gasteiger partial charge in [-0.3, -0.25) is 9.59 Å². The van der Waals surface area contributed by atoms with Gasteiger partial charge in [0.2, 0.25) is 11.4 Å². The van der Waals surface area contributed by atoms with Gasteiger partial charge in [-0.25, -0.2) is 9.78 Å². The second kappa shape index (κ2) is 13.7. The number of sulfonamides is 1. The number of anilines is 1. The average molecular weight is 638 g/mol. The molecule has 0 atom stereocenters. The van der Waals surface area contributed by atoms with Crippen molar-refractivity contribution in [2.75, 3.05) is 25.5 Å². The summed E-state index contributed by atoms with van der Waals surface area (Å²) in [5, 5.41) is 15.5. The fourth-order valence-electron chi connectivity index (χ4n) is 5.04. The van der Waals surface area contributed by atoms with Crippen molar-refractivity contribution < 1.29 is 28.0 Å². The molecule has 0 fully saturated rings. The number of imidazole rings is 1. The van der Waals surface area contributed by atoms with Gasteiger partial charge in [0, 0.05) is 24.7 Å². The van der Waals surface area contributed by atoms with E-state index in [4.69, 9.17) is 10.5 Å². The first-order valence-corrected chi connectivity index (χ1v) is 15.4. The Morgan fingerprint density at radius 2 is 1.84 bits per heavy atom. The quantitative estimate of drug-likeness (QED) is 0.101. The summed E-state index contributed by atoms with van der Waals surface area (Å²) in [6, 6.07) is 8.46. The SMILES string of the molecule is COC(=O)C(CNC(=O)c1cn(CCCN)c2cc(CNc3nccn3O)ccc2c1=O)=NS(=O)(=O)c1c(C)cc(C)cc1C. The molecule has 2 aromatic carbocycles. The molecule has 0 radical (unpaired) electrons. The van der Waals surface area contributed by atoms with Crippen LogP contribution in [-0.4, -0.2) is 65.7 Å². The number of ether oxygens (including phenoxy) is 1. The van der Waals surface area contributed by atoms with Crippen molar-refractivity contribution in [3.05, 3.63) is 87.0 Å². The van der Waals surface area contributed by atoms with Gasteiger partial charge in [0.15, 0.2) is 5.71 Å². The maximum atomic E-state index is 13.5. The molecule has 0 spiro atoms. The highest BCUT2D eigenvalue weighted by molar-refractivity contribution is 7.90. The third-order valence-electron chi connectivity index (χ3n) is 7.00. The van der Waals surface area contributed by atoms with Crippen LogP contribution in [0.15, 0.2) is 63.0 Å². The first kappa shape index (κ1) is 32.9. The number of esters is 1. The maximum Gasteiger partial charge on any atom is 0.355 e. The number of aromatic nitrogens is 3. The first-order chi connectivity index (χ1) is 21.4. The summed E-state index contributed by atoms with van der Waals surface area (Å²) in [6.45, 7) is 5.53. The highest BCUT2D eigenvalue weighted by atomic mass is 32.2. The lowest BCUT2D eigenvalue weighted by molar-refractivity contribution is -0.132. The smallest absolute Gasteiger partial charge is 0.355 e. The van der Waals surface area contributed by atoms with Crippen molar-refractivity contribution in [2.24, 2.45) is 10.1 Å². The number of fused-ring (bicyclic) bond motifs is 1. The van der Waals surface area contributed by atoms with Gasteiger partial charge in [0.05, 0.1) is 36.5 Å². The van der Waals surface area contributed by atoms with E-state index in [1.165, 1.54) is 18.6 Å². The number of amides is 1. The Morgan fingerprint density at radius 3 is 2.47 bits per heavy atom. The molecule has 15 heteroatoms. The molecular weight excluding hydrogens is 602 g/mol. The zero-order valence-electron chi connectivity index (χ0n) is 25.3. The first-order valence-electron chi connectivity index (χ1n) is 14.0. The van der Waals surface area contributed by atoms with Gasteiger partial charge in [0.25, 0.3) is 15.9 Å². The number of nitrogens with one attached hydrogen (secondary N) is 2. The third kappa shape index (κ3) is 7.38. The highest BCUT2D eigenvalue weighted by Crippen LogP contribution is 2.24. The van der Waals surface area contributed by atoms with Crippen LogP contribution < -0.4 is 21.8 Å². The topological polar surface area (TPSA) is 200 Å². The number of benzene rings is 2. The average Bonchev–Trinajstić information content (AvgIpc) is 3.40. The number of carbonyl (C=O) groups is 2. The lowest BCUT2D eigenvalue weighted by atomic mass is 10.1. The summed E-state index contributed by atoms with van der Waals surface area (Å²) in [6.07, 6.45) is 4.77. The summed E-state index contributed by atoms with van der Waals surface area (Å²) >= 11 is 0. The second-order valence-electron chi connectivity index (χ2n) is 10.4. The fourth-order valence-corrected chi connectivity index (χ4v) is 6.49. The van der Waals surface area contributed by atoms with Gasteiger partial charge in [0.1, 0.15) is 5.56 Å². The van der Waals surface area contributed by atoms with E-state index < -0.39 is 39.6 Å². The van der Waals surface area contributed by atoms with Crippen LogP contribution in [0, 0.1) is 20.8 Å². The van der Waals surface area contributed by atoms with Crippen LogP contribution in [0.25, 0.3) is 10.9 Å². The van der Waals surface area contributed by atoms with E-state index >= 15 is 0 Å². The van der Waals surface area contributed by atoms with Crippen molar-refractivity contribution in [1.29, 1.82) is 0 Å². The predicted molar refractivity (Wildman–Crippen MR) is 168 cm³/mol. The minimum atomic E-state index is -4.35. The monoisotopic (exact) mass is 637 g/mol. The zero-order valence-corrected chi connectivity index (χ0v) is 26.1. The van der Waals surface area contributed by atoms with Gasteiger partial charge < -0.3 is 30.9 Å². The largest absolute Gasteiger partial charge is 0.464 e. The molecule has 14 nitrogen and oxygen atoms in total. The molecule has 0 aliphatic rings. The molecule has 0 saturated carbocycles. The van der Waals surface area contributed by atoms with Crippen molar-refractivity contribution >= 4 is 44.5 Å². The molecule has 0 aliphatic heterocycles. The second-order valence-corrected chi connectivity index (χ2v) is 12.0. The number of hydrogen-bond donors (Lipinski definition) is 4. The molecule has 0 saturated heterocycles. The third-order valence-corrected chi connectivity index (χ3v) is 8.62. The molecule has 45 heavy (non-hydrogen) atoms. The van der Waals surface area contributed by atoms with E-state index in [-0.39, 0.29) is 21.8 Å². The van der Waals surface area contributed by atoms with E-state index in [0.29, 0.717) is 42.7 Å². The van der Waals surface area contributed by atoms with Gasteiger partial charge >= 0.3 is 5.97 Å². The lowest BCUT2D eigenvalue weighted by Gasteiger charge is -2.15. The van der Waals surface area contributed by atoms with Crippen molar-refractivity contribution in [3.8, 4) is 0 Å². The molecule has 0 aliphatic carbocycles. The predicted octanol–water partition coefficient (Wildman–Crippen LogP) is 2.05. The number of carbonyl (C=O) groups excluding carboxylic acids is 2. The van der Waals surface area contributed by atoms with Crippen LogP contribution in [0.1, 0.15) is 39.0 Å². The summed E-state index contributed by atoms with van der Waals surface area (Å²) in [5.41, 5.74) is 7.51. The van der Waals surface area contributed by atoms with E-state index in [0.717, 1.165) is 23.0 Å². The summed E-state index contributed by atoms with van der Waals surface area (Å²) in [4.78, 5) is 43.3. The highest BCUT2D eigenvalue weighted by Gasteiger charge is 2.25. The fraction of sp³-hybridized carbons (Fsp3) is 0.300. The maximum absolute atomic E-state index is 13.5.